The van der Waals surface area contributed by atoms with Gasteiger partial charge in [-0.25, -0.2) is 17.7 Å². The molecule has 0 saturated carbocycles. The summed E-state index contributed by atoms with van der Waals surface area (Å²) in [5, 5.41) is 9.45. The molecule has 31 heavy (non-hydrogen) atoms. The van der Waals surface area contributed by atoms with Crippen molar-refractivity contribution in [2.75, 3.05) is 30.3 Å². The maximum atomic E-state index is 12.6. The van der Waals surface area contributed by atoms with Crippen LogP contribution in [0.25, 0.3) is 0 Å². The molecule has 18 heteroatoms. The molecule has 2 rings (SSSR count). The van der Waals surface area contributed by atoms with E-state index in [1.807, 2.05) is 0 Å². The van der Waals surface area contributed by atoms with Crippen LogP contribution in [0.5, 0.6) is 0 Å². The molecule has 0 spiro atoms. The number of amides is 3. The van der Waals surface area contributed by atoms with Gasteiger partial charge in [-0.2, -0.15) is 8.42 Å². The monoisotopic (exact) mass is 517 g/mol. The standard InChI is InChI=1S/C13H16ClN5O9S3/c1-28-18-9(6-4-29-13(15-6)16-8(20)3-14)11(21)17-10-7(5-30(2,23)24)19(12(10)22)31(25,26)27/h4,7,10H,3,5H2,1-2H3,(H,17,21)(H,15,16,20)(H,25,26,27)/t7-,10+/m0/s1. The van der Waals surface area contributed by atoms with Gasteiger partial charge in [-0.15, -0.1) is 22.9 Å². The number of halogens is 1. The number of nitrogens with one attached hydrogen (secondary N) is 2. The van der Waals surface area contributed by atoms with Gasteiger partial charge in [0.15, 0.2) is 10.8 Å². The third kappa shape index (κ3) is 6.10. The lowest BCUT2D eigenvalue weighted by Gasteiger charge is -2.43. The van der Waals surface area contributed by atoms with Gasteiger partial charge in [0.2, 0.25) is 5.91 Å². The summed E-state index contributed by atoms with van der Waals surface area (Å²) in [6.45, 7) is 0. The average molecular weight is 518 g/mol. The van der Waals surface area contributed by atoms with Crippen LogP contribution in [-0.4, -0.2) is 91.2 Å². The lowest BCUT2D eigenvalue weighted by molar-refractivity contribution is -0.143. The van der Waals surface area contributed by atoms with Gasteiger partial charge in [-0.3, -0.25) is 18.9 Å². The molecule has 2 heterocycles. The zero-order chi connectivity index (χ0) is 23.6. The van der Waals surface area contributed by atoms with E-state index in [1.165, 1.54) is 5.38 Å². The molecule has 1 saturated heterocycles. The van der Waals surface area contributed by atoms with E-state index in [2.05, 4.69) is 25.6 Å². The van der Waals surface area contributed by atoms with E-state index in [4.69, 9.17) is 16.2 Å². The molecule has 0 aliphatic carbocycles. The highest BCUT2D eigenvalue weighted by molar-refractivity contribution is 7.90. The van der Waals surface area contributed by atoms with Crippen molar-refractivity contribution in [1.29, 1.82) is 0 Å². The predicted molar refractivity (Wildman–Crippen MR) is 109 cm³/mol. The summed E-state index contributed by atoms with van der Waals surface area (Å²) in [6.07, 6.45) is 0.792. The fraction of sp³-hybridized carbons (Fsp3) is 0.462. The number of rotatable bonds is 9. The van der Waals surface area contributed by atoms with Gasteiger partial charge in [0.25, 0.3) is 11.8 Å². The molecule has 0 bridgehead atoms. The van der Waals surface area contributed by atoms with Crippen molar-refractivity contribution < 1.29 is 40.6 Å². The minimum Gasteiger partial charge on any atom is -0.398 e. The normalized spacial score (nSPS) is 19.5. The second kappa shape index (κ2) is 9.43. The molecule has 2 atom stereocenters. The van der Waals surface area contributed by atoms with Gasteiger partial charge in [-0.05, 0) is 0 Å². The Hall–Kier alpha value is -2.34. The second-order valence-electron chi connectivity index (χ2n) is 6.06. The number of β-lactam (4-membered cyclic amide) rings is 1. The first-order valence-electron chi connectivity index (χ1n) is 8.00. The zero-order valence-corrected chi connectivity index (χ0v) is 19.0. The topological polar surface area (TPSA) is 202 Å². The first kappa shape index (κ1) is 24.9. The number of sulfone groups is 1. The lowest BCUT2D eigenvalue weighted by atomic mass is 10.0. The molecule has 14 nitrogen and oxygen atoms in total. The molecule has 0 unspecified atom stereocenters. The summed E-state index contributed by atoms with van der Waals surface area (Å²) in [6, 6.07) is -3.15. The SMILES string of the molecule is CON=C(C(=O)N[C@H]1C(=O)N(S(=O)(=O)O)[C@H]1CS(C)(=O)=O)c1csc(NC(=O)CCl)n1. The third-order valence-electron chi connectivity index (χ3n) is 3.69. The van der Waals surface area contributed by atoms with E-state index in [1.54, 1.807) is 0 Å². The highest BCUT2D eigenvalue weighted by Gasteiger charge is 2.55. The van der Waals surface area contributed by atoms with E-state index in [0.29, 0.717) is 0 Å². The molecule has 3 amide bonds. The molecule has 0 radical (unpaired) electrons. The number of thiazole rings is 1. The maximum Gasteiger partial charge on any atom is 0.362 e. The Kier molecular flexibility index (Phi) is 7.58. The number of hydrogen-bond acceptors (Lipinski definition) is 11. The Morgan fingerprint density at radius 2 is 2.03 bits per heavy atom. The zero-order valence-electron chi connectivity index (χ0n) is 15.8. The van der Waals surface area contributed by atoms with Gasteiger partial charge >= 0.3 is 10.3 Å². The van der Waals surface area contributed by atoms with Gasteiger partial charge in [0, 0.05) is 11.6 Å². The fourth-order valence-electron chi connectivity index (χ4n) is 2.53. The Morgan fingerprint density at radius 3 is 2.55 bits per heavy atom. The molecule has 0 aromatic carbocycles. The quantitative estimate of drug-likeness (QED) is 0.110. The number of carbonyl (C=O) groups is 3. The van der Waals surface area contributed by atoms with Crippen molar-refractivity contribution in [3.8, 4) is 0 Å². The van der Waals surface area contributed by atoms with E-state index in [-0.39, 0.29) is 21.0 Å². The van der Waals surface area contributed by atoms with Crippen LogP contribution in [0.3, 0.4) is 0 Å². The van der Waals surface area contributed by atoms with Crippen molar-refractivity contribution in [2.45, 2.75) is 12.1 Å². The average Bonchev–Trinajstić information content (AvgIpc) is 3.09. The van der Waals surface area contributed by atoms with Crippen LogP contribution in [0.15, 0.2) is 10.5 Å². The van der Waals surface area contributed by atoms with Crippen LogP contribution in [0.1, 0.15) is 5.69 Å². The van der Waals surface area contributed by atoms with E-state index in [0.717, 1.165) is 24.7 Å². The van der Waals surface area contributed by atoms with Gasteiger partial charge in [0.1, 0.15) is 34.6 Å². The van der Waals surface area contributed by atoms with Crippen molar-refractivity contribution in [3.05, 3.63) is 11.1 Å². The summed E-state index contributed by atoms with van der Waals surface area (Å²) in [5.74, 6) is -4.01. The number of alkyl halides is 1. The largest absolute Gasteiger partial charge is 0.398 e. The number of carbonyl (C=O) groups excluding carboxylic acids is 3. The molecule has 1 aromatic heterocycles. The highest BCUT2D eigenvalue weighted by atomic mass is 35.5. The Labute approximate surface area is 185 Å². The summed E-state index contributed by atoms with van der Waals surface area (Å²) < 4.78 is 55.1. The second-order valence-corrected chi connectivity index (χ2v) is 10.7. The van der Waals surface area contributed by atoms with Crippen LogP contribution >= 0.6 is 22.9 Å². The van der Waals surface area contributed by atoms with Crippen molar-refractivity contribution in [2.24, 2.45) is 5.16 Å². The third-order valence-corrected chi connectivity index (χ3v) is 6.59. The van der Waals surface area contributed by atoms with Gasteiger partial charge < -0.3 is 15.5 Å². The summed E-state index contributed by atoms with van der Waals surface area (Å²) in [7, 11) is -7.73. The molecule has 1 aliphatic heterocycles. The van der Waals surface area contributed by atoms with Crippen molar-refractivity contribution in [1.82, 2.24) is 14.6 Å². The first-order chi connectivity index (χ1) is 14.3. The van der Waals surface area contributed by atoms with Gasteiger partial charge in [0.05, 0.1) is 11.8 Å². The molecule has 1 aromatic rings. The molecular weight excluding hydrogens is 502 g/mol. The van der Waals surface area contributed by atoms with E-state index in [9.17, 15) is 31.2 Å². The predicted octanol–water partition coefficient (Wildman–Crippen LogP) is -1.79. The van der Waals surface area contributed by atoms with Crippen molar-refractivity contribution in [3.63, 3.8) is 0 Å². The van der Waals surface area contributed by atoms with Crippen LogP contribution in [0.2, 0.25) is 0 Å². The van der Waals surface area contributed by atoms with E-state index < -0.39 is 61.4 Å². The van der Waals surface area contributed by atoms with E-state index >= 15 is 0 Å². The summed E-state index contributed by atoms with van der Waals surface area (Å²) in [5.41, 5.74) is -0.506. The number of aromatic nitrogens is 1. The molecule has 1 fully saturated rings. The smallest absolute Gasteiger partial charge is 0.362 e. The summed E-state index contributed by atoms with van der Waals surface area (Å²) >= 11 is 6.32. The number of anilines is 1. The minimum atomic E-state index is -5.05. The van der Waals surface area contributed by atoms with Crippen LogP contribution in [0.4, 0.5) is 5.13 Å². The van der Waals surface area contributed by atoms with Crippen LogP contribution < -0.4 is 10.6 Å². The highest BCUT2D eigenvalue weighted by Crippen LogP contribution is 2.25. The molecule has 172 valence electrons. The number of nitrogens with zero attached hydrogens (tertiary/aromatic N) is 3. The molecule has 3 N–H and O–H groups in total. The lowest BCUT2D eigenvalue weighted by Crippen LogP contribution is -2.73. The van der Waals surface area contributed by atoms with Crippen LogP contribution in [-0.2, 0) is 39.4 Å². The van der Waals surface area contributed by atoms with Crippen molar-refractivity contribution >= 4 is 71.6 Å². The Balaban J connectivity index is 2.26. The maximum absolute atomic E-state index is 12.6. The first-order valence-corrected chi connectivity index (χ1v) is 12.9. The number of oxime groups is 1. The molecular formula is C13H16ClN5O9S3. The van der Waals surface area contributed by atoms with Gasteiger partial charge in [-0.1, -0.05) is 5.16 Å². The Bertz CT molecular complexity index is 1130. The van der Waals surface area contributed by atoms with Crippen LogP contribution in [0, 0.1) is 0 Å². The number of hydrogen-bond donors (Lipinski definition) is 3. The fourth-order valence-corrected chi connectivity index (χ4v) is 5.25. The molecule has 1 aliphatic rings. The summed E-state index contributed by atoms with van der Waals surface area (Å²) in [4.78, 5) is 44.7. The minimum absolute atomic E-state index is 0.0330. The Morgan fingerprint density at radius 1 is 1.39 bits per heavy atom.